The van der Waals surface area contributed by atoms with Crippen molar-refractivity contribution in [3.05, 3.63) is 29.3 Å². The van der Waals surface area contributed by atoms with E-state index in [0.717, 1.165) is 57.0 Å². The maximum atomic E-state index is 11.9. The number of nitrogens with one attached hydrogen (secondary N) is 1. The standard InChI is InChI=1S/C18H26N2O2/c1-15(22)20(19-12-5-3-2-4-6-13-21)18-11-10-16-8-7-9-17(16)14-18/h10-11,13-14,19H,2-9,12H2,1H3. The van der Waals surface area contributed by atoms with Crippen molar-refractivity contribution in [2.45, 2.75) is 58.3 Å². The predicted octanol–water partition coefficient (Wildman–Crippen LogP) is 3.18. The van der Waals surface area contributed by atoms with Gasteiger partial charge >= 0.3 is 0 Å². The topological polar surface area (TPSA) is 49.4 Å². The number of benzene rings is 1. The number of nitrogens with zero attached hydrogens (tertiary/aromatic N) is 1. The van der Waals surface area contributed by atoms with E-state index in [2.05, 4.69) is 17.6 Å². The van der Waals surface area contributed by atoms with E-state index < -0.39 is 0 Å². The minimum absolute atomic E-state index is 0.0129. The Labute approximate surface area is 132 Å². The van der Waals surface area contributed by atoms with Gasteiger partial charge in [0.25, 0.3) is 0 Å². The van der Waals surface area contributed by atoms with Crippen molar-refractivity contribution in [3.8, 4) is 0 Å². The third kappa shape index (κ3) is 4.67. The van der Waals surface area contributed by atoms with Crippen LogP contribution in [0.4, 0.5) is 5.69 Å². The zero-order valence-electron chi connectivity index (χ0n) is 13.4. The van der Waals surface area contributed by atoms with Crippen molar-refractivity contribution in [2.24, 2.45) is 0 Å². The van der Waals surface area contributed by atoms with Gasteiger partial charge in [-0.05, 0) is 55.4 Å². The predicted molar refractivity (Wildman–Crippen MR) is 88.8 cm³/mol. The summed E-state index contributed by atoms with van der Waals surface area (Å²) in [6.45, 7) is 2.36. The van der Waals surface area contributed by atoms with Crippen LogP contribution in [0.3, 0.4) is 0 Å². The average Bonchev–Trinajstić information content (AvgIpc) is 2.97. The van der Waals surface area contributed by atoms with Crippen LogP contribution in [0.1, 0.15) is 56.6 Å². The lowest BCUT2D eigenvalue weighted by atomic mass is 10.1. The molecule has 1 N–H and O–H groups in total. The van der Waals surface area contributed by atoms with Crippen LogP contribution in [0.15, 0.2) is 18.2 Å². The zero-order chi connectivity index (χ0) is 15.8. The molecule has 0 bridgehead atoms. The molecule has 0 aliphatic heterocycles. The highest BCUT2D eigenvalue weighted by Gasteiger charge is 2.15. The highest BCUT2D eigenvalue weighted by atomic mass is 16.2. The Kier molecular flexibility index (Phi) is 6.59. The van der Waals surface area contributed by atoms with Gasteiger partial charge in [-0.15, -0.1) is 0 Å². The molecule has 1 aromatic rings. The highest BCUT2D eigenvalue weighted by molar-refractivity contribution is 5.90. The van der Waals surface area contributed by atoms with Crippen molar-refractivity contribution in [1.29, 1.82) is 0 Å². The molecule has 0 saturated heterocycles. The SMILES string of the molecule is CC(=O)N(NCCCCCCC=O)c1ccc2c(c1)CCC2. The fraction of sp³-hybridized carbons (Fsp3) is 0.556. The van der Waals surface area contributed by atoms with Crippen LogP contribution in [-0.4, -0.2) is 18.7 Å². The van der Waals surface area contributed by atoms with Crippen LogP contribution in [0.25, 0.3) is 0 Å². The molecule has 0 unspecified atom stereocenters. The van der Waals surface area contributed by atoms with Gasteiger partial charge < -0.3 is 4.79 Å². The maximum Gasteiger partial charge on any atom is 0.238 e. The van der Waals surface area contributed by atoms with Crippen LogP contribution in [-0.2, 0) is 22.4 Å². The lowest BCUT2D eigenvalue weighted by Crippen LogP contribution is -2.42. The van der Waals surface area contributed by atoms with Crippen molar-refractivity contribution >= 4 is 17.9 Å². The van der Waals surface area contributed by atoms with Crippen molar-refractivity contribution < 1.29 is 9.59 Å². The first-order valence-electron chi connectivity index (χ1n) is 8.32. The van der Waals surface area contributed by atoms with Gasteiger partial charge in [0.2, 0.25) is 5.91 Å². The Hall–Kier alpha value is -1.68. The minimum atomic E-state index is 0.0129. The smallest absolute Gasteiger partial charge is 0.238 e. The second kappa shape index (κ2) is 8.69. The summed E-state index contributed by atoms with van der Waals surface area (Å²) in [5, 5.41) is 1.66. The van der Waals surface area contributed by atoms with E-state index in [1.165, 1.54) is 17.5 Å². The van der Waals surface area contributed by atoms with Crippen LogP contribution in [0.5, 0.6) is 0 Å². The van der Waals surface area contributed by atoms with Gasteiger partial charge in [0.1, 0.15) is 6.29 Å². The summed E-state index contributed by atoms with van der Waals surface area (Å²) in [5.74, 6) is 0.0129. The summed E-state index contributed by atoms with van der Waals surface area (Å²) in [6, 6.07) is 6.32. The van der Waals surface area contributed by atoms with Crippen LogP contribution in [0, 0.1) is 0 Å². The molecule has 0 heterocycles. The number of anilines is 1. The molecule has 120 valence electrons. The monoisotopic (exact) mass is 302 g/mol. The fourth-order valence-corrected chi connectivity index (χ4v) is 2.98. The Morgan fingerprint density at radius 2 is 1.95 bits per heavy atom. The average molecular weight is 302 g/mol. The van der Waals surface area contributed by atoms with E-state index in [9.17, 15) is 9.59 Å². The summed E-state index contributed by atoms with van der Waals surface area (Å²) >= 11 is 0. The Morgan fingerprint density at radius 1 is 1.18 bits per heavy atom. The van der Waals surface area contributed by atoms with Crippen LogP contribution in [0.2, 0.25) is 0 Å². The molecule has 1 aliphatic rings. The molecule has 1 aromatic carbocycles. The number of carbonyl (C=O) groups excluding carboxylic acids is 2. The molecule has 0 aromatic heterocycles. The number of fused-ring (bicyclic) bond motifs is 1. The Balaban J connectivity index is 1.82. The molecule has 0 atom stereocenters. The van der Waals surface area contributed by atoms with Crippen molar-refractivity contribution in [2.75, 3.05) is 11.6 Å². The molecule has 4 heteroatoms. The fourth-order valence-electron chi connectivity index (χ4n) is 2.98. The molecule has 4 nitrogen and oxygen atoms in total. The number of aldehydes is 1. The van der Waals surface area contributed by atoms with E-state index in [1.54, 1.807) is 11.9 Å². The first-order chi connectivity index (χ1) is 10.7. The summed E-state index contributed by atoms with van der Waals surface area (Å²) in [5.41, 5.74) is 6.96. The van der Waals surface area contributed by atoms with Gasteiger partial charge in [-0.1, -0.05) is 18.9 Å². The number of hydrogen-bond donors (Lipinski definition) is 1. The van der Waals surface area contributed by atoms with E-state index in [0.29, 0.717) is 6.42 Å². The Bertz CT molecular complexity index is 514. The minimum Gasteiger partial charge on any atom is -0.303 e. The molecule has 0 saturated carbocycles. The summed E-state index contributed by atoms with van der Waals surface area (Å²) in [4.78, 5) is 22.1. The van der Waals surface area contributed by atoms with Gasteiger partial charge in [0.15, 0.2) is 0 Å². The first-order valence-corrected chi connectivity index (χ1v) is 8.32. The van der Waals surface area contributed by atoms with Gasteiger partial charge in [-0.2, -0.15) is 0 Å². The normalized spacial score (nSPS) is 13.0. The summed E-state index contributed by atoms with van der Waals surface area (Å²) < 4.78 is 0. The third-order valence-electron chi connectivity index (χ3n) is 4.17. The zero-order valence-corrected chi connectivity index (χ0v) is 13.4. The molecule has 22 heavy (non-hydrogen) atoms. The first kappa shape index (κ1) is 16.7. The second-order valence-electron chi connectivity index (χ2n) is 5.94. The molecular formula is C18H26N2O2. The lowest BCUT2D eigenvalue weighted by Gasteiger charge is -2.23. The molecular weight excluding hydrogens is 276 g/mol. The lowest BCUT2D eigenvalue weighted by molar-refractivity contribution is -0.117. The number of carbonyl (C=O) groups is 2. The summed E-state index contributed by atoms with van der Waals surface area (Å²) in [7, 11) is 0. The van der Waals surface area contributed by atoms with Crippen molar-refractivity contribution in [1.82, 2.24) is 5.43 Å². The number of amides is 1. The largest absolute Gasteiger partial charge is 0.303 e. The number of aryl methyl sites for hydroxylation is 2. The van der Waals surface area contributed by atoms with Gasteiger partial charge in [-0.25, -0.2) is 10.4 Å². The van der Waals surface area contributed by atoms with Gasteiger partial charge in [0, 0.05) is 19.9 Å². The van der Waals surface area contributed by atoms with Crippen LogP contribution < -0.4 is 10.4 Å². The summed E-state index contributed by atoms with van der Waals surface area (Å²) in [6.07, 6.45) is 9.24. The van der Waals surface area contributed by atoms with Gasteiger partial charge in [0.05, 0.1) is 5.69 Å². The number of rotatable bonds is 9. The number of hydrogen-bond acceptors (Lipinski definition) is 3. The second-order valence-corrected chi connectivity index (χ2v) is 5.94. The number of unbranched alkanes of at least 4 members (excludes halogenated alkanes) is 4. The van der Waals surface area contributed by atoms with Crippen LogP contribution >= 0.6 is 0 Å². The quantitative estimate of drug-likeness (QED) is 0.433. The molecule has 1 amide bonds. The van der Waals surface area contributed by atoms with E-state index in [1.807, 2.05) is 6.07 Å². The maximum absolute atomic E-state index is 11.9. The molecule has 0 radical (unpaired) electrons. The highest BCUT2D eigenvalue weighted by Crippen LogP contribution is 2.26. The molecule has 0 spiro atoms. The molecule has 2 rings (SSSR count). The molecule has 0 fully saturated rings. The van der Waals surface area contributed by atoms with Gasteiger partial charge in [-0.3, -0.25) is 4.79 Å². The van der Waals surface area contributed by atoms with Crippen molar-refractivity contribution in [3.63, 3.8) is 0 Å². The molecule has 1 aliphatic carbocycles. The third-order valence-corrected chi connectivity index (χ3v) is 4.17. The number of hydrazine groups is 1. The van der Waals surface area contributed by atoms with E-state index >= 15 is 0 Å². The van der Waals surface area contributed by atoms with E-state index in [4.69, 9.17) is 0 Å². The van der Waals surface area contributed by atoms with E-state index in [-0.39, 0.29) is 5.91 Å². The Morgan fingerprint density at radius 3 is 2.73 bits per heavy atom.